The van der Waals surface area contributed by atoms with Crippen molar-refractivity contribution >= 4 is 72.6 Å². The van der Waals surface area contributed by atoms with E-state index in [-0.39, 0.29) is 42.3 Å². The zero-order valence-electron chi connectivity index (χ0n) is 21.3. The number of hydrogen-bond donors (Lipinski definition) is 0. The van der Waals surface area contributed by atoms with Crippen LogP contribution < -0.4 is 4.90 Å². The summed E-state index contributed by atoms with van der Waals surface area (Å²) in [6.07, 6.45) is 1.87. The van der Waals surface area contributed by atoms with E-state index in [4.69, 9.17) is 23.2 Å². The number of halogens is 3. The first-order chi connectivity index (χ1) is 18.5. The number of aromatic nitrogens is 2. The van der Waals surface area contributed by atoms with Gasteiger partial charge in [0.25, 0.3) is 15.9 Å². The molecule has 0 radical (unpaired) electrons. The summed E-state index contributed by atoms with van der Waals surface area (Å²) in [5, 5.41) is 0.575. The standard InChI is InChI=1S/C26H26BrCl2N5O4S/c1-3-22(35)31-8-10-32(11-9-31)39(37,38)23-16-30-25-33(21-13-19(28)12-20(29)14-21)24(36)26(2,34(23)25)15-17-4-6-18(27)7-5-17/h4-7,12-14,16H,3,8-11,15H2,1-2H3/t26-/m1/s1. The number of anilines is 2. The Morgan fingerprint density at radius 1 is 1.05 bits per heavy atom. The Kier molecular flexibility index (Phi) is 7.58. The number of amides is 2. The average molecular weight is 655 g/mol. The number of imidazole rings is 1. The predicted octanol–water partition coefficient (Wildman–Crippen LogP) is 4.83. The van der Waals surface area contributed by atoms with Gasteiger partial charge in [0.05, 0.1) is 11.9 Å². The molecule has 3 aromatic rings. The summed E-state index contributed by atoms with van der Waals surface area (Å²) in [5.41, 5.74) is -0.0918. The van der Waals surface area contributed by atoms with E-state index in [2.05, 4.69) is 20.9 Å². The van der Waals surface area contributed by atoms with Gasteiger partial charge in [0.15, 0.2) is 5.03 Å². The first kappa shape index (κ1) is 28.1. The van der Waals surface area contributed by atoms with Crippen molar-refractivity contribution in [1.82, 2.24) is 18.8 Å². The Balaban J connectivity index is 1.60. The van der Waals surface area contributed by atoms with Gasteiger partial charge < -0.3 is 4.90 Å². The molecule has 5 rings (SSSR count). The monoisotopic (exact) mass is 653 g/mol. The first-order valence-electron chi connectivity index (χ1n) is 12.4. The van der Waals surface area contributed by atoms with Gasteiger partial charge in [-0.25, -0.2) is 18.3 Å². The van der Waals surface area contributed by atoms with Crippen molar-refractivity contribution in [2.45, 2.75) is 37.3 Å². The molecule has 1 saturated heterocycles. The Labute approximate surface area is 245 Å². The molecule has 0 spiro atoms. The van der Waals surface area contributed by atoms with Gasteiger partial charge in [0.1, 0.15) is 5.54 Å². The molecule has 39 heavy (non-hydrogen) atoms. The van der Waals surface area contributed by atoms with Gasteiger partial charge in [-0.3, -0.25) is 14.2 Å². The van der Waals surface area contributed by atoms with E-state index in [9.17, 15) is 18.0 Å². The minimum atomic E-state index is -4.06. The second-order valence-electron chi connectivity index (χ2n) is 9.72. The molecular formula is C26H26BrCl2N5O4S. The minimum absolute atomic E-state index is 0.0132. The molecule has 0 aliphatic carbocycles. The number of nitrogens with zero attached hydrogens (tertiary/aromatic N) is 5. The fourth-order valence-electron chi connectivity index (χ4n) is 5.15. The van der Waals surface area contributed by atoms with Crippen LogP contribution in [0.1, 0.15) is 25.8 Å². The maximum absolute atomic E-state index is 14.2. The Morgan fingerprint density at radius 2 is 1.67 bits per heavy atom. The van der Waals surface area contributed by atoms with Crippen LogP contribution in [0.4, 0.5) is 11.6 Å². The van der Waals surface area contributed by atoms with Crippen molar-refractivity contribution in [3.63, 3.8) is 0 Å². The number of fused-ring (bicyclic) bond motifs is 1. The maximum atomic E-state index is 14.2. The molecule has 2 aliphatic rings. The molecular weight excluding hydrogens is 629 g/mol. The lowest BCUT2D eigenvalue weighted by Gasteiger charge is -2.34. The Hall–Kier alpha value is -2.44. The van der Waals surface area contributed by atoms with E-state index in [1.54, 1.807) is 36.9 Å². The molecule has 0 N–H and O–H groups in total. The number of piperazine rings is 1. The Bertz CT molecular complexity index is 1530. The van der Waals surface area contributed by atoms with Crippen LogP contribution in [0.2, 0.25) is 10.0 Å². The summed E-state index contributed by atoms with van der Waals surface area (Å²) < 4.78 is 31.7. The highest BCUT2D eigenvalue weighted by Gasteiger charge is 2.52. The number of carbonyl (C=O) groups is 2. The number of benzene rings is 2. The summed E-state index contributed by atoms with van der Waals surface area (Å²) in [4.78, 5) is 33.8. The number of sulfonamides is 1. The minimum Gasteiger partial charge on any atom is -0.340 e. The van der Waals surface area contributed by atoms with Crippen LogP contribution >= 0.6 is 39.1 Å². The highest BCUT2D eigenvalue weighted by Crippen LogP contribution is 2.45. The van der Waals surface area contributed by atoms with Crippen molar-refractivity contribution in [3.8, 4) is 0 Å². The van der Waals surface area contributed by atoms with Crippen molar-refractivity contribution in [2.75, 3.05) is 31.1 Å². The van der Waals surface area contributed by atoms with Gasteiger partial charge in [-0.15, -0.1) is 0 Å². The lowest BCUT2D eigenvalue weighted by molar-refractivity contribution is -0.132. The fourth-order valence-corrected chi connectivity index (χ4v) is 7.53. The van der Waals surface area contributed by atoms with Crippen LogP contribution in [0.15, 0.2) is 58.2 Å². The lowest BCUT2D eigenvalue weighted by atomic mass is 9.92. The van der Waals surface area contributed by atoms with E-state index in [0.717, 1.165) is 10.0 Å². The van der Waals surface area contributed by atoms with Crippen LogP contribution in [0.25, 0.3) is 0 Å². The van der Waals surface area contributed by atoms with E-state index in [1.165, 1.54) is 20.0 Å². The largest absolute Gasteiger partial charge is 0.340 e. The summed E-state index contributed by atoms with van der Waals surface area (Å²) in [5.74, 6) is -0.209. The second-order valence-corrected chi connectivity index (χ2v) is 13.4. The lowest BCUT2D eigenvalue weighted by Crippen LogP contribution is -2.51. The van der Waals surface area contributed by atoms with Gasteiger partial charge in [0.2, 0.25) is 11.9 Å². The smallest absolute Gasteiger partial charge is 0.260 e. The summed E-state index contributed by atoms with van der Waals surface area (Å²) >= 11 is 15.9. The van der Waals surface area contributed by atoms with Gasteiger partial charge in [-0.1, -0.05) is 58.2 Å². The van der Waals surface area contributed by atoms with E-state index < -0.39 is 15.6 Å². The van der Waals surface area contributed by atoms with Gasteiger partial charge in [0, 0.05) is 53.5 Å². The molecule has 0 unspecified atom stereocenters. The normalized spacial score (nSPS) is 20.0. The van der Waals surface area contributed by atoms with Crippen LogP contribution in [0.3, 0.4) is 0 Å². The van der Waals surface area contributed by atoms with Crippen LogP contribution in [-0.2, 0) is 31.6 Å². The topological polar surface area (TPSA) is 95.8 Å². The summed E-state index contributed by atoms with van der Waals surface area (Å²) in [6.45, 7) is 4.40. The SMILES string of the molecule is CCC(=O)N1CCN(S(=O)(=O)c2cnc3n2[C@](C)(Cc2ccc(Br)cc2)C(=O)N3c2cc(Cl)cc(Cl)c2)CC1. The average Bonchev–Trinajstić information content (AvgIpc) is 3.43. The fraction of sp³-hybridized carbons (Fsp3) is 0.346. The van der Waals surface area contributed by atoms with Crippen molar-refractivity contribution in [1.29, 1.82) is 0 Å². The van der Waals surface area contributed by atoms with Crippen molar-refractivity contribution < 1.29 is 18.0 Å². The summed E-state index contributed by atoms with van der Waals surface area (Å²) in [6, 6.07) is 12.3. The third-order valence-corrected chi connectivity index (χ3v) is 9.96. The van der Waals surface area contributed by atoms with Crippen molar-refractivity contribution in [2.24, 2.45) is 0 Å². The molecule has 2 aliphatic heterocycles. The maximum Gasteiger partial charge on any atom is 0.260 e. The molecule has 1 fully saturated rings. The molecule has 13 heteroatoms. The zero-order valence-corrected chi connectivity index (χ0v) is 25.2. The van der Waals surface area contributed by atoms with E-state index in [1.807, 2.05) is 24.3 Å². The third-order valence-electron chi connectivity index (χ3n) is 7.13. The molecule has 206 valence electrons. The second kappa shape index (κ2) is 10.5. The van der Waals surface area contributed by atoms with Crippen LogP contribution in [-0.4, -0.2) is 65.2 Å². The van der Waals surface area contributed by atoms with Crippen LogP contribution in [0.5, 0.6) is 0 Å². The Morgan fingerprint density at radius 3 is 2.26 bits per heavy atom. The van der Waals surface area contributed by atoms with Crippen molar-refractivity contribution in [3.05, 3.63) is 68.7 Å². The molecule has 0 saturated carbocycles. The third kappa shape index (κ3) is 4.99. The number of carbonyl (C=O) groups excluding carboxylic acids is 2. The molecule has 1 aromatic heterocycles. The quantitative estimate of drug-likeness (QED) is 0.379. The molecule has 1 atom stereocenters. The van der Waals surface area contributed by atoms with E-state index in [0.29, 0.717) is 35.2 Å². The zero-order chi connectivity index (χ0) is 28.1. The van der Waals surface area contributed by atoms with E-state index >= 15 is 0 Å². The number of hydrogen-bond acceptors (Lipinski definition) is 5. The number of rotatable bonds is 6. The molecule has 0 bridgehead atoms. The first-order valence-corrected chi connectivity index (χ1v) is 15.4. The molecule has 9 nitrogen and oxygen atoms in total. The van der Waals surface area contributed by atoms with Gasteiger partial charge in [-0.05, 0) is 42.8 Å². The molecule has 2 amide bonds. The highest BCUT2D eigenvalue weighted by atomic mass is 79.9. The highest BCUT2D eigenvalue weighted by molar-refractivity contribution is 9.10. The predicted molar refractivity (Wildman–Crippen MR) is 153 cm³/mol. The van der Waals surface area contributed by atoms with Gasteiger partial charge in [-0.2, -0.15) is 4.31 Å². The van der Waals surface area contributed by atoms with Crippen LogP contribution in [0, 0.1) is 0 Å². The molecule has 3 heterocycles. The molecule has 2 aromatic carbocycles. The summed E-state index contributed by atoms with van der Waals surface area (Å²) in [7, 11) is -4.06. The van der Waals surface area contributed by atoms with Gasteiger partial charge >= 0.3 is 0 Å².